The van der Waals surface area contributed by atoms with E-state index >= 15 is 0 Å². The van der Waals surface area contributed by atoms with E-state index in [0.29, 0.717) is 9.79 Å². The molecule has 0 aromatic heterocycles. The molecule has 19 heavy (non-hydrogen) atoms. The molecule has 2 aromatic rings. The second kappa shape index (κ2) is 5.67. The quantitative estimate of drug-likeness (QED) is 0.939. The minimum Gasteiger partial charge on any atom is -0.508 e. The summed E-state index contributed by atoms with van der Waals surface area (Å²) in [6.45, 7) is 1.64. The van der Waals surface area contributed by atoms with Crippen molar-refractivity contribution >= 4 is 21.6 Å². The average molecular weight is 294 g/mol. The monoisotopic (exact) mass is 294 g/mol. The van der Waals surface area contributed by atoms with Gasteiger partial charge in [-0.25, -0.2) is 8.42 Å². The van der Waals surface area contributed by atoms with Crippen LogP contribution in [-0.4, -0.2) is 19.3 Å². The van der Waals surface area contributed by atoms with Gasteiger partial charge in [0.1, 0.15) is 5.75 Å². The molecule has 0 bridgehead atoms. The second-order valence-corrected chi connectivity index (χ2v) is 7.31. The van der Waals surface area contributed by atoms with Crippen molar-refractivity contribution in [2.45, 2.75) is 21.6 Å². The third-order valence-electron chi connectivity index (χ3n) is 2.63. The van der Waals surface area contributed by atoms with Crippen molar-refractivity contribution in [1.82, 2.24) is 0 Å². The van der Waals surface area contributed by atoms with Crippen LogP contribution in [0.5, 0.6) is 5.75 Å². The molecule has 0 aliphatic rings. The van der Waals surface area contributed by atoms with Gasteiger partial charge in [0.25, 0.3) is 0 Å². The van der Waals surface area contributed by atoms with Crippen LogP contribution in [0.3, 0.4) is 0 Å². The van der Waals surface area contributed by atoms with Gasteiger partial charge in [0.15, 0.2) is 9.84 Å². The Morgan fingerprint density at radius 3 is 2.32 bits per heavy atom. The van der Waals surface area contributed by atoms with Crippen LogP contribution in [0, 0.1) is 0 Å². The van der Waals surface area contributed by atoms with Gasteiger partial charge in [0.2, 0.25) is 0 Å². The van der Waals surface area contributed by atoms with E-state index in [-0.39, 0.29) is 11.5 Å². The molecule has 0 amide bonds. The molecule has 0 saturated heterocycles. The molecule has 3 nitrogen and oxygen atoms in total. The first kappa shape index (κ1) is 14.0. The van der Waals surface area contributed by atoms with Crippen molar-refractivity contribution in [2.75, 3.05) is 5.75 Å². The number of hydrogen-bond acceptors (Lipinski definition) is 4. The zero-order chi connectivity index (χ0) is 13.9. The molecule has 0 heterocycles. The Balaban J connectivity index is 2.38. The van der Waals surface area contributed by atoms with Crippen LogP contribution < -0.4 is 0 Å². The van der Waals surface area contributed by atoms with Gasteiger partial charge >= 0.3 is 0 Å². The number of phenolic OH excluding ortho intramolecular Hbond substituents is 1. The molecular formula is C14H14O3S2. The summed E-state index contributed by atoms with van der Waals surface area (Å²) >= 11 is 1.37. The highest BCUT2D eigenvalue weighted by Gasteiger charge is 2.16. The Morgan fingerprint density at radius 2 is 1.68 bits per heavy atom. The molecule has 0 aliphatic carbocycles. The van der Waals surface area contributed by atoms with E-state index in [1.54, 1.807) is 49.4 Å². The number of hydrogen-bond donors (Lipinski definition) is 1. The van der Waals surface area contributed by atoms with Crippen LogP contribution in [0.15, 0.2) is 63.2 Å². The molecule has 0 radical (unpaired) electrons. The van der Waals surface area contributed by atoms with Crippen molar-refractivity contribution in [3.63, 3.8) is 0 Å². The Kier molecular flexibility index (Phi) is 4.17. The maximum Gasteiger partial charge on any atom is 0.179 e. The van der Waals surface area contributed by atoms with Crippen molar-refractivity contribution in [2.24, 2.45) is 0 Å². The fraction of sp³-hybridized carbons (Fsp3) is 0.143. The fourth-order valence-electron chi connectivity index (χ4n) is 1.59. The predicted molar refractivity (Wildman–Crippen MR) is 76.4 cm³/mol. The first-order valence-electron chi connectivity index (χ1n) is 5.81. The third-order valence-corrected chi connectivity index (χ3v) is 5.63. The summed E-state index contributed by atoms with van der Waals surface area (Å²) in [4.78, 5) is 1.95. The van der Waals surface area contributed by atoms with Gasteiger partial charge in [-0.15, -0.1) is 0 Å². The summed E-state index contributed by atoms with van der Waals surface area (Å²) in [7, 11) is -3.23. The lowest BCUT2D eigenvalue weighted by molar-refractivity contribution is 0.475. The summed E-state index contributed by atoms with van der Waals surface area (Å²) in [5.74, 6) is 0.277. The number of sulfone groups is 1. The predicted octanol–water partition coefficient (Wildman–Crippen LogP) is 3.34. The van der Waals surface area contributed by atoms with E-state index in [1.165, 1.54) is 11.8 Å². The summed E-state index contributed by atoms with van der Waals surface area (Å²) in [6.07, 6.45) is 0. The highest BCUT2D eigenvalue weighted by atomic mass is 32.2. The zero-order valence-electron chi connectivity index (χ0n) is 10.4. The van der Waals surface area contributed by atoms with E-state index in [1.807, 2.05) is 6.07 Å². The second-order valence-electron chi connectivity index (χ2n) is 3.95. The van der Waals surface area contributed by atoms with Crippen LogP contribution >= 0.6 is 11.8 Å². The van der Waals surface area contributed by atoms with Crippen LogP contribution in [0.4, 0.5) is 0 Å². The summed E-state index contributed by atoms with van der Waals surface area (Å²) in [6, 6.07) is 13.6. The van der Waals surface area contributed by atoms with Gasteiger partial charge in [-0.1, -0.05) is 30.8 Å². The number of aromatic hydroxyl groups is 1. The lowest BCUT2D eigenvalue weighted by Crippen LogP contribution is -2.04. The number of benzene rings is 2. The van der Waals surface area contributed by atoms with E-state index in [9.17, 15) is 13.5 Å². The lowest BCUT2D eigenvalue weighted by Gasteiger charge is -2.08. The van der Waals surface area contributed by atoms with Crippen LogP contribution in [0.2, 0.25) is 0 Å². The minimum absolute atomic E-state index is 0.0835. The molecule has 0 saturated carbocycles. The SMILES string of the molecule is CCS(=O)(=O)c1ccccc1Sc1ccc(O)cc1. The fourth-order valence-corrected chi connectivity index (χ4v) is 3.91. The molecule has 0 spiro atoms. The van der Waals surface area contributed by atoms with Gasteiger partial charge < -0.3 is 5.11 Å². The summed E-state index contributed by atoms with van der Waals surface area (Å²) in [5.41, 5.74) is 0. The van der Waals surface area contributed by atoms with Crippen molar-refractivity contribution in [1.29, 1.82) is 0 Å². The molecule has 1 N–H and O–H groups in total. The van der Waals surface area contributed by atoms with E-state index in [2.05, 4.69) is 0 Å². The van der Waals surface area contributed by atoms with Gasteiger partial charge in [0.05, 0.1) is 10.6 Å². The zero-order valence-corrected chi connectivity index (χ0v) is 12.0. The molecule has 2 rings (SSSR count). The number of rotatable bonds is 4. The molecule has 5 heteroatoms. The first-order chi connectivity index (χ1) is 9.03. The molecule has 100 valence electrons. The Morgan fingerprint density at radius 1 is 1.05 bits per heavy atom. The third kappa shape index (κ3) is 3.30. The molecule has 0 fully saturated rings. The maximum absolute atomic E-state index is 12.0. The molecular weight excluding hydrogens is 280 g/mol. The average Bonchev–Trinajstić information content (AvgIpc) is 2.42. The molecule has 0 unspecified atom stereocenters. The maximum atomic E-state index is 12.0. The smallest absolute Gasteiger partial charge is 0.179 e. The number of phenols is 1. The van der Waals surface area contributed by atoms with Crippen molar-refractivity contribution < 1.29 is 13.5 Å². The molecule has 0 atom stereocenters. The normalized spacial score (nSPS) is 11.4. The van der Waals surface area contributed by atoms with Gasteiger partial charge in [-0.05, 0) is 36.4 Å². The van der Waals surface area contributed by atoms with Crippen LogP contribution in [-0.2, 0) is 9.84 Å². The Bertz CT molecular complexity index is 661. The highest BCUT2D eigenvalue weighted by Crippen LogP contribution is 2.33. The first-order valence-corrected chi connectivity index (χ1v) is 8.28. The van der Waals surface area contributed by atoms with E-state index < -0.39 is 9.84 Å². The Hall–Kier alpha value is -1.46. The van der Waals surface area contributed by atoms with Gasteiger partial charge in [-0.3, -0.25) is 0 Å². The highest BCUT2D eigenvalue weighted by molar-refractivity contribution is 8.00. The summed E-state index contributed by atoms with van der Waals surface area (Å²) < 4.78 is 24.0. The minimum atomic E-state index is -3.23. The molecule has 2 aromatic carbocycles. The van der Waals surface area contributed by atoms with Crippen molar-refractivity contribution in [3.05, 3.63) is 48.5 Å². The standard InChI is InChI=1S/C14H14O3S2/c1-2-19(16,17)14-6-4-3-5-13(14)18-12-9-7-11(15)8-10-12/h3-10,15H,2H2,1H3. The van der Waals surface area contributed by atoms with Gasteiger partial charge in [-0.2, -0.15) is 0 Å². The topological polar surface area (TPSA) is 54.4 Å². The Labute approximate surface area is 117 Å². The van der Waals surface area contributed by atoms with Crippen LogP contribution in [0.1, 0.15) is 6.92 Å². The largest absolute Gasteiger partial charge is 0.508 e. The molecule has 0 aliphatic heterocycles. The van der Waals surface area contributed by atoms with E-state index in [4.69, 9.17) is 0 Å². The van der Waals surface area contributed by atoms with Crippen molar-refractivity contribution in [3.8, 4) is 5.75 Å². The lowest BCUT2D eigenvalue weighted by atomic mass is 10.3. The summed E-state index contributed by atoms with van der Waals surface area (Å²) in [5, 5.41) is 9.24. The van der Waals surface area contributed by atoms with Crippen LogP contribution in [0.25, 0.3) is 0 Å². The van der Waals surface area contributed by atoms with Gasteiger partial charge in [0, 0.05) is 9.79 Å². The van der Waals surface area contributed by atoms with E-state index in [0.717, 1.165) is 4.90 Å².